The van der Waals surface area contributed by atoms with E-state index in [0.29, 0.717) is 17.9 Å². The van der Waals surface area contributed by atoms with E-state index in [9.17, 15) is 10.1 Å². The highest BCUT2D eigenvalue weighted by Gasteiger charge is 2.21. The smallest absolute Gasteiger partial charge is 0.361 e. The summed E-state index contributed by atoms with van der Waals surface area (Å²) in [6.45, 7) is 1.93. The molecule has 0 fully saturated rings. The van der Waals surface area contributed by atoms with Crippen LogP contribution in [-0.4, -0.2) is 17.6 Å². The maximum Gasteiger partial charge on any atom is 0.361 e. The number of rotatable bonds is 6. The van der Waals surface area contributed by atoms with E-state index in [1.807, 2.05) is 31.2 Å². The van der Waals surface area contributed by atoms with Gasteiger partial charge in [0.2, 0.25) is 0 Å². The predicted octanol–water partition coefficient (Wildman–Crippen LogP) is 3.78. The highest BCUT2D eigenvalue weighted by atomic mass is 16.5. The maximum atomic E-state index is 12.3. The van der Waals surface area contributed by atoms with Crippen molar-refractivity contribution in [2.45, 2.75) is 13.3 Å². The van der Waals surface area contributed by atoms with Crippen molar-refractivity contribution in [3.05, 3.63) is 66.1 Å². The number of carbonyl (C=O) groups excluding carboxylic acids is 1. The lowest BCUT2D eigenvalue weighted by Crippen LogP contribution is -2.15. The Morgan fingerprint density at radius 2 is 2.08 bits per heavy atom. The summed E-state index contributed by atoms with van der Waals surface area (Å²) in [4.78, 5) is 16.3. The molecule has 0 saturated heterocycles. The van der Waals surface area contributed by atoms with Crippen molar-refractivity contribution in [3.63, 3.8) is 0 Å². The zero-order valence-corrected chi connectivity index (χ0v) is 13.6. The third kappa shape index (κ3) is 3.96. The summed E-state index contributed by atoms with van der Waals surface area (Å²) in [6.07, 6.45) is 3.12. The van der Waals surface area contributed by atoms with Gasteiger partial charge in [-0.1, -0.05) is 29.8 Å². The number of carbonyl (C=O) groups is 1. The Balaban J connectivity index is 1.67. The van der Waals surface area contributed by atoms with Crippen LogP contribution in [-0.2, 0) is 11.2 Å². The molecule has 0 aliphatic carbocycles. The molecular weight excluding hydrogens is 320 g/mol. The third-order valence-corrected chi connectivity index (χ3v) is 3.70. The number of furan rings is 1. The number of ether oxygens (including phenoxy) is 1. The minimum atomic E-state index is -0.621. The van der Waals surface area contributed by atoms with Gasteiger partial charge in [0.25, 0.3) is 0 Å². The maximum absolute atomic E-state index is 12.3. The molecule has 3 aromatic rings. The van der Waals surface area contributed by atoms with Crippen LogP contribution in [0.2, 0.25) is 0 Å². The first-order chi connectivity index (χ1) is 12.2. The summed E-state index contributed by atoms with van der Waals surface area (Å²) in [6, 6.07) is 13.2. The van der Waals surface area contributed by atoms with Crippen LogP contribution in [0, 0.1) is 24.2 Å². The lowest BCUT2D eigenvalue weighted by atomic mass is 10.1. The van der Waals surface area contributed by atoms with Crippen LogP contribution >= 0.6 is 0 Å². The number of nitrogens with zero attached hydrogens (tertiary/aromatic N) is 2. The fourth-order valence-electron chi connectivity index (χ4n) is 2.36. The molecular formula is C19H16N2O4. The predicted molar refractivity (Wildman–Crippen MR) is 88.5 cm³/mol. The molecule has 25 heavy (non-hydrogen) atoms. The fourth-order valence-corrected chi connectivity index (χ4v) is 2.36. The second-order valence-electron chi connectivity index (χ2n) is 5.60. The topological polar surface area (TPSA) is 89.3 Å². The Morgan fingerprint density at radius 3 is 2.76 bits per heavy atom. The monoisotopic (exact) mass is 336 g/mol. The number of aromatic nitrogens is 1. The van der Waals surface area contributed by atoms with Gasteiger partial charge in [-0.3, -0.25) is 0 Å². The van der Waals surface area contributed by atoms with Gasteiger partial charge in [0.1, 0.15) is 12.4 Å². The Kier molecular flexibility index (Phi) is 4.95. The molecule has 0 aliphatic heterocycles. The molecule has 1 aromatic carbocycles. The van der Waals surface area contributed by atoms with Crippen molar-refractivity contribution in [3.8, 4) is 17.4 Å². The molecule has 0 saturated carbocycles. The first-order valence-corrected chi connectivity index (χ1v) is 7.77. The normalized spacial score (nSPS) is 11.7. The van der Waals surface area contributed by atoms with Crippen LogP contribution in [0.1, 0.15) is 21.8 Å². The molecule has 0 aliphatic rings. The SMILES string of the molecule is Cc1ccc(-c2ocnc2C(=O)OCC(C#N)Cc2ccco2)cc1. The molecule has 0 bridgehead atoms. The van der Waals surface area contributed by atoms with Crippen LogP contribution in [0.25, 0.3) is 11.3 Å². The Labute approximate surface area is 144 Å². The molecule has 3 rings (SSSR count). The quantitative estimate of drug-likeness (QED) is 0.636. The second kappa shape index (κ2) is 7.49. The molecule has 2 aromatic heterocycles. The van der Waals surface area contributed by atoms with Crippen molar-refractivity contribution in [1.82, 2.24) is 4.98 Å². The van der Waals surface area contributed by atoms with E-state index in [0.717, 1.165) is 11.1 Å². The molecule has 6 nitrogen and oxygen atoms in total. The average molecular weight is 336 g/mol. The van der Waals surface area contributed by atoms with Crippen molar-refractivity contribution in [2.75, 3.05) is 6.61 Å². The van der Waals surface area contributed by atoms with Gasteiger partial charge in [-0.05, 0) is 19.1 Å². The Hall–Kier alpha value is -3.33. The van der Waals surface area contributed by atoms with E-state index in [4.69, 9.17) is 13.6 Å². The largest absolute Gasteiger partial charge is 0.469 e. The molecule has 6 heteroatoms. The van der Waals surface area contributed by atoms with E-state index in [1.165, 1.54) is 6.39 Å². The molecule has 126 valence electrons. The molecule has 0 N–H and O–H groups in total. The van der Waals surface area contributed by atoms with Gasteiger partial charge in [-0.25, -0.2) is 9.78 Å². The van der Waals surface area contributed by atoms with E-state index in [2.05, 4.69) is 11.1 Å². The Bertz CT molecular complexity index is 873. The molecule has 0 radical (unpaired) electrons. The summed E-state index contributed by atoms with van der Waals surface area (Å²) in [5.74, 6) is -0.0947. The number of oxazole rings is 1. The van der Waals surface area contributed by atoms with Crippen LogP contribution in [0.4, 0.5) is 0 Å². The van der Waals surface area contributed by atoms with Gasteiger partial charge in [0, 0.05) is 12.0 Å². The highest BCUT2D eigenvalue weighted by molar-refractivity contribution is 5.93. The number of esters is 1. The highest BCUT2D eigenvalue weighted by Crippen LogP contribution is 2.24. The number of benzene rings is 1. The second-order valence-corrected chi connectivity index (χ2v) is 5.60. The lowest BCUT2D eigenvalue weighted by Gasteiger charge is -2.08. The molecule has 0 amide bonds. The number of nitriles is 1. The van der Waals surface area contributed by atoms with Gasteiger partial charge < -0.3 is 13.6 Å². The first-order valence-electron chi connectivity index (χ1n) is 7.77. The molecule has 2 heterocycles. The van der Waals surface area contributed by atoms with Crippen molar-refractivity contribution >= 4 is 5.97 Å². The van der Waals surface area contributed by atoms with E-state index < -0.39 is 11.9 Å². The van der Waals surface area contributed by atoms with Crippen LogP contribution in [0.3, 0.4) is 0 Å². The zero-order chi connectivity index (χ0) is 17.6. The molecule has 1 atom stereocenters. The van der Waals surface area contributed by atoms with Gasteiger partial charge >= 0.3 is 5.97 Å². The fraction of sp³-hybridized carbons (Fsp3) is 0.211. The first kappa shape index (κ1) is 16.5. The van der Waals surface area contributed by atoms with Crippen LogP contribution in [0.5, 0.6) is 0 Å². The number of hydrogen-bond donors (Lipinski definition) is 0. The zero-order valence-electron chi connectivity index (χ0n) is 13.6. The third-order valence-electron chi connectivity index (χ3n) is 3.70. The summed E-state index contributed by atoms with van der Waals surface area (Å²) in [5, 5.41) is 9.21. The van der Waals surface area contributed by atoms with Gasteiger partial charge in [0.05, 0.1) is 18.3 Å². The van der Waals surface area contributed by atoms with Gasteiger partial charge in [-0.15, -0.1) is 0 Å². The molecule has 0 spiro atoms. The minimum Gasteiger partial charge on any atom is -0.469 e. The van der Waals surface area contributed by atoms with Gasteiger partial charge in [0.15, 0.2) is 17.8 Å². The van der Waals surface area contributed by atoms with E-state index in [-0.39, 0.29) is 12.3 Å². The number of aryl methyl sites for hydroxylation is 1. The summed E-state index contributed by atoms with van der Waals surface area (Å²) >= 11 is 0. The summed E-state index contributed by atoms with van der Waals surface area (Å²) in [7, 11) is 0. The van der Waals surface area contributed by atoms with Crippen LogP contribution in [0.15, 0.2) is 57.9 Å². The van der Waals surface area contributed by atoms with Crippen molar-refractivity contribution in [2.24, 2.45) is 5.92 Å². The lowest BCUT2D eigenvalue weighted by molar-refractivity contribution is 0.0460. The standard InChI is InChI=1S/C19H16N2O4/c1-13-4-6-15(7-5-13)18-17(21-12-25-18)19(22)24-11-14(10-20)9-16-3-2-8-23-16/h2-8,12,14H,9,11H2,1H3. The summed E-state index contributed by atoms with van der Waals surface area (Å²) in [5.41, 5.74) is 1.93. The minimum absolute atomic E-state index is 0.0454. The van der Waals surface area contributed by atoms with Gasteiger partial charge in [-0.2, -0.15) is 5.26 Å². The van der Waals surface area contributed by atoms with Crippen molar-refractivity contribution in [1.29, 1.82) is 5.26 Å². The summed E-state index contributed by atoms with van der Waals surface area (Å²) < 4.78 is 15.8. The number of hydrogen-bond acceptors (Lipinski definition) is 6. The Morgan fingerprint density at radius 1 is 1.28 bits per heavy atom. The average Bonchev–Trinajstić information content (AvgIpc) is 3.30. The van der Waals surface area contributed by atoms with Crippen LogP contribution < -0.4 is 0 Å². The van der Waals surface area contributed by atoms with E-state index >= 15 is 0 Å². The van der Waals surface area contributed by atoms with Crippen molar-refractivity contribution < 1.29 is 18.4 Å². The molecule has 1 unspecified atom stereocenters. The van der Waals surface area contributed by atoms with E-state index in [1.54, 1.807) is 18.4 Å².